The molecule has 0 saturated carbocycles. The second kappa shape index (κ2) is 8.05. The molecule has 2 heterocycles. The molecule has 1 aromatic heterocycles. The number of aryl methyl sites for hydroxylation is 1. The Morgan fingerprint density at radius 1 is 1.34 bits per heavy atom. The number of carbonyl (C=O) groups is 2. The highest BCUT2D eigenvalue weighted by molar-refractivity contribution is 6.06. The van der Waals surface area contributed by atoms with Crippen molar-refractivity contribution in [3.8, 4) is 5.75 Å². The Morgan fingerprint density at radius 3 is 2.93 bits per heavy atom. The molecule has 0 bridgehead atoms. The van der Waals surface area contributed by atoms with Crippen molar-refractivity contribution in [3.05, 3.63) is 59.0 Å². The minimum Gasteiger partial charge on any atom is -0.491 e. The fraction of sp³-hybridized carbons (Fsp3) is 0.273. The molecule has 0 spiro atoms. The predicted octanol–water partition coefficient (Wildman–Crippen LogP) is 4.24. The van der Waals surface area contributed by atoms with Crippen molar-refractivity contribution in [3.63, 3.8) is 0 Å². The number of amides is 1. The van der Waals surface area contributed by atoms with Gasteiger partial charge in [-0.05, 0) is 49.6 Å². The average molecular weight is 396 g/mol. The van der Waals surface area contributed by atoms with Gasteiger partial charge in [-0.15, -0.1) is 0 Å². The normalized spacial score (nSPS) is 16.1. The SMILES string of the molecule is Cc1c(NC(=O)c2ccc(OC[C@@H]3CCCO3)cc2F)ccc2cc(C=O)[nH]c12. The molecule has 2 aromatic carbocycles. The monoisotopic (exact) mass is 396 g/mol. The zero-order valence-electron chi connectivity index (χ0n) is 16.0. The summed E-state index contributed by atoms with van der Waals surface area (Å²) in [5, 5.41) is 3.60. The number of halogens is 1. The van der Waals surface area contributed by atoms with Crippen LogP contribution < -0.4 is 10.1 Å². The number of carbonyl (C=O) groups excluding carboxylic acids is 2. The van der Waals surface area contributed by atoms with E-state index >= 15 is 0 Å². The van der Waals surface area contributed by atoms with E-state index in [1.54, 1.807) is 24.3 Å². The van der Waals surface area contributed by atoms with E-state index in [1.165, 1.54) is 12.1 Å². The standard InChI is InChI=1S/C22H21FN2O4/c1-13-20(7-4-14-9-15(11-26)24-21(13)14)25-22(27)18-6-5-16(10-19(18)23)29-12-17-3-2-8-28-17/h4-7,9-11,17,24H,2-3,8,12H2,1H3,(H,25,27)/t17-/m0/s1. The van der Waals surface area contributed by atoms with Crippen molar-refractivity contribution in [2.75, 3.05) is 18.5 Å². The Kier molecular flexibility index (Phi) is 5.31. The van der Waals surface area contributed by atoms with E-state index in [2.05, 4.69) is 10.3 Å². The highest BCUT2D eigenvalue weighted by atomic mass is 19.1. The van der Waals surface area contributed by atoms with E-state index in [4.69, 9.17) is 9.47 Å². The summed E-state index contributed by atoms with van der Waals surface area (Å²) < 4.78 is 25.5. The van der Waals surface area contributed by atoms with Gasteiger partial charge in [-0.1, -0.05) is 6.07 Å². The molecule has 1 aliphatic heterocycles. The van der Waals surface area contributed by atoms with Gasteiger partial charge < -0.3 is 19.8 Å². The van der Waals surface area contributed by atoms with Crippen LogP contribution in [0.25, 0.3) is 10.9 Å². The van der Waals surface area contributed by atoms with Gasteiger partial charge in [-0.2, -0.15) is 0 Å². The van der Waals surface area contributed by atoms with Crippen molar-refractivity contribution < 1.29 is 23.5 Å². The van der Waals surface area contributed by atoms with Crippen LogP contribution in [0.15, 0.2) is 36.4 Å². The molecule has 0 unspecified atom stereocenters. The van der Waals surface area contributed by atoms with Crippen molar-refractivity contribution in [1.82, 2.24) is 4.98 Å². The van der Waals surface area contributed by atoms with Crippen LogP contribution in [0.3, 0.4) is 0 Å². The number of aldehydes is 1. The van der Waals surface area contributed by atoms with Crippen molar-refractivity contribution in [2.24, 2.45) is 0 Å². The Morgan fingerprint density at radius 2 is 2.21 bits per heavy atom. The summed E-state index contributed by atoms with van der Waals surface area (Å²) in [4.78, 5) is 26.5. The number of hydrogen-bond acceptors (Lipinski definition) is 4. The third-order valence-electron chi connectivity index (χ3n) is 5.10. The fourth-order valence-corrected chi connectivity index (χ4v) is 3.49. The zero-order chi connectivity index (χ0) is 20.4. The predicted molar refractivity (Wildman–Crippen MR) is 107 cm³/mol. The summed E-state index contributed by atoms with van der Waals surface area (Å²) in [7, 11) is 0. The third-order valence-corrected chi connectivity index (χ3v) is 5.10. The topological polar surface area (TPSA) is 80.4 Å². The van der Waals surface area contributed by atoms with Crippen LogP contribution in [-0.4, -0.2) is 36.5 Å². The maximum atomic E-state index is 14.5. The van der Waals surface area contributed by atoms with Crippen LogP contribution in [0.1, 0.15) is 39.3 Å². The first-order valence-corrected chi connectivity index (χ1v) is 9.48. The summed E-state index contributed by atoms with van der Waals surface area (Å²) in [5.41, 5.74) is 2.44. The first kappa shape index (κ1) is 19.1. The summed E-state index contributed by atoms with van der Waals surface area (Å²) in [6.45, 7) is 2.91. The largest absolute Gasteiger partial charge is 0.491 e. The van der Waals surface area contributed by atoms with E-state index < -0.39 is 11.7 Å². The molecule has 6 nitrogen and oxygen atoms in total. The Balaban J connectivity index is 1.48. The lowest BCUT2D eigenvalue weighted by molar-refractivity contribution is 0.0678. The second-order valence-electron chi connectivity index (χ2n) is 7.09. The van der Waals surface area contributed by atoms with E-state index in [0.717, 1.165) is 42.2 Å². The number of ether oxygens (including phenoxy) is 2. The van der Waals surface area contributed by atoms with Gasteiger partial charge in [0.25, 0.3) is 5.91 Å². The smallest absolute Gasteiger partial charge is 0.258 e. The van der Waals surface area contributed by atoms with E-state index in [9.17, 15) is 14.0 Å². The van der Waals surface area contributed by atoms with Gasteiger partial charge in [0, 0.05) is 23.7 Å². The van der Waals surface area contributed by atoms with Gasteiger partial charge in [0.15, 0.2) is 6.29 Å². The molecule has 1 amide bonds. The second-order valence-corrected chi connectivity index (χ2v) is 7.09. The lowest BCUT2D eigenvalue weighted by Crippen LogP contribution is -2.17. The average Bonchev–Trinajstić information content (AvgIpc) is 3.38. The zero-order valence-corrected chi connectivity index (χ0v) is 16.0. The van der Waals surface area contributed by atoms with Gasteiger partial charge in [0.05, 0.1) is 22.9 Å². The number of nitrogens with one attached hydrogen (secondary N) is 2. The highest BCUT2D eigenvalue weighted by Gasteiger charge is 2.18. The number of anilines is 1. The first-order valence-electron chi connectivity index (χ1n) is 9.48. The first-order chi connectivity index (χ1) is 14.0. The number of fused-ring (bicyclic) bond motifs is 1. The Labute approximate surface area is 167 Å². The molecular formula is C22H21FN2O4. The molecule has 7 heteroatoms. The minimum absolute atomic E-state index is 0.0339. The third kappa shape index (κ3) is 4.00. The van der Waals surface area contributed by atoms with E-state index in [-0.39, 0.29) is 11.7 Å². The summed E-state index contributed by atoms with van der Waals surface area (Å²) >= 11 is 0. The minimum atomic E-state index is -0.658. The molecule has 1 aliphatic rings. The molecule has 0 aliphatic carbocycles. The lowest BCUT2D eigenvalue weighted by atomic mass is 10.1. The molecule has 29 heavy (non-hydrogen) atoms. The van der Waals surface area contributed by atoms with Gasteiger partial charge in [-0.3, -0.25) is 9.59 Å². The van der Waals surface area contributed by atoms with Crippen LogP contribution in [0.5, 0.6) is 5.75 Å². The molecule has 2 N–H and O–H groups in total. The molecular weight excluding hydrogens is 375 g/mol. The number of benzene rings is 2. The van der Waals surface area contributed by atoms with Gasteiger partial charge in [0.1, 0.15) is 18.2 Å². The Bertz CT molecular complexity index is 1070. The molecule has 150 valence electrons. The summed E-state index contributed by atoms with van der Waals surface area (Å²) in [6, 6.07) is 9.44. The van der Waals surface area contributed by atoms with Crippen LogP contribution in [-0.2, 0) is 4.74 Å². The summed E-state index contributed by atoms with van der Waals surface area (Å²) in [6.07, 6.45) is 2.70. The maximum Gasteiger partial charge on any atom is 0.258 e. The van der Waals surface area contributed by atoms with Crippen molar-refractivity contribution >= 4 is 28.8 Å². The number of aromatic amines is 1. The van der Waals surface area contributed by atoms with Gasteiger partial charge >= 0.3 is 0 Å². The highest BCUT2D eigenvalue weighted by Crippen LogP contribution is 2.26. The van der Waals surface area contributed by atoms with Crippen molar-refractivity contribution in [2.45, 2.75) is 25.9 Å². The van der Waals surface area contributed by atoms with Crippen LogP contribution in [0.4, 0.5) is 10.1 Å². The fourth-order valence-electron chi connectivity index (χ4n) is 3.49. The number of H-pyrrole nitrogens is 1. The van der Waals surface area contributed by atoms with Gasteiger partial charge in [0.2, 0.25) is 0 Å². The number of rotatable bonds is 6. The molecule has 1 fully saturated rings. The van der Waals surface area contributed by atoms with E-state index in [0.29, 0.717) is 23.7 Å². The molecule has 1 saturated heterocycles. The molecule has 1 atom stereocenters. The quantitative estimate of drug-likeness (QED) is 0.611. The van der Waals surface area contributed by atoms with Crippen LogP contribution >= 0.6 is 0 Å². The lowest BCUT2D eigenvalue weighted by Gasteiger charge is -2.13. The van der Waals surface area contributed by atoms with Crippen molar-refractivity contribution in [1.29, 1.82) is 0 Å². The van der Waals surface area contributed by atoms with Gasteiger partial charge in [-0.25, -0.2) is 4.39 Å². The molecule has 3 aromatic rings. The number of hydrogen-bond donors (Lipinski definition) is 2. The molecule has 4 rings (SSSR count). The molecule has 0 radical (unpaired) electrons. The Hall–Kier alpha value is -3.19. The number of aromatic nitrogens is 1. The summed E-state index contributed by atoms with van der Waals surface area (Å²) in [5.74, 6) is -0.855. The van der Waals surface area contributed by atoms with E-state index in [1.807, 2.05) is 6.92 Å². The van der Waals surface area contributed by atoms with Crippen LogP contribution in [0.2, 0.25) is 0 Å². The maximum absolute atomic E-state index is 14.5. The van der Waals surface area contributed by atoms with Crippen LogP contribution in [0, 0.1) is 12.7 Å².